The van der Waals surface area contributed by atoms with E-state index in [1.165, 1.54) is 4.70 Å². The molecule has 0 aliphatic rings. The van der Waals surface area contributed by atoms with Gasteiger partial charge >= 0.3 is 0 Å². The van der Waals surface area contributed by atoms with Gasteiger partial charge in [-0.1, -0.05) is 54.1 Å². The van der Waals surface area contributed by atoms with Gasteiger partial charge in [0.25, 0.3) is 5.91 Å². The van der Waals surface area contributed by atoms with E-state index in [-0.39, 0.29) is 12.5 Å². The number of rotatable bonds is 6. The Hall–Kier alpha value is -3.18. The van der Waals surface area contributed by atoms with Gasteiger partial charge in [-0.25, -0.2) is 4.98 Å². The topological polar surface area (TPSA) is 51.2 Å². The molecular weight excluding hydrogens is 368 g/mol. The third-order valence-corrected chi connectivity index (χ3v) is 5.46. The Morgan fingerprint density at radius 2 is 1.75 bits per heavy atom. The summed E-state index contributed by atoms with van der Waals surface area (Å²) in [4.78, 5) is 16.7. The van der Waals surface area contributed by atoms with Crippen LogP contribution < -0.4 is 10.1 Å². The minimum atomic E-state index is -0.143. The number of benzene rings is 3. The molecule has 4 nitrogen and oxygen atoms in total. The van der Waals surface area contributed by atoms with Crippen LogP contribution in [0.5, 0.6) is 5.75 Å². The predicted molar refractivity (Wildman–Crippen MR) is 114 cm³/mol. The lowest BCUT2D eigenvalue weighted by Crippen LogP contribution is -2.28. The maximum absolute atomic E-state index is 12.0. The van der Waals surface area contributed by atoms with Crippen molar-refractivity contribution in [3.8, 4) is 16.3 Å². The van der Waals surface area contributed by atoms with Crippen molar-refractivity contribution < 1.29 is 9.53 Å². The largest absolute Gasteiger partial charge is 0.484 e. The lowest BCUT2D eigenvalue weighted by atomic mass is 10.1. The van der Waals surface area contributed by atoms with E-state index in [2.05, 4.69) is 16.4 Å². The van der Waals surface area contributed by atoms with E-state index in [0.29, 0.717) is 12.3 Å². The number of aromatic nitrogens is 1. The van der Waals surface area contributed by atoms with Crippen LogP contribution in [0.1, 0.15) is 11.1 Å². The predicted octanol–water partition coefficient (Wildman–Crippen LogP) is 4.97. The minimum absolute atomic E-state index is 0.00679. The highest BCUT2D eigenvalue weighted by atomic mass is 32.1. The van der Waals surface area contributed by atoms with Crippen LogP contribution in [0, 0.1) is 6.92 Å². The Morgan fingerprint density at radius 1 is 1.00 bits per heavy atom. The number of hydrogen-bond acceptors (Lipinski definition) is 4. The van der Waals surface area contributed by atoms with Gasteiger partial charge in [0.2, 0.25) is 0 Å². The number of thiazole rings is 1. The lowest BCUT2D eigenvalue weighted by Gasteiger charge is -2.08. The van der Waals surface area contributed by atoms with Crippen molar-refractivity contribution in [3.05, 3.63) is 83.9 Å². The van der Waals surface area contributed by atoms with Gasteiger partial charge in [-0.05, 0) is 36.8 Å². The number of carbonyl (C=O) groups is 1. The van der Waals surface area contributed by atoms with Crippen molar-refractivity contribution in [1.82, 2.24) is 10.3 Å². The molecule has 4 aromatic rings. The molecule has 4 rings (SSSR count). The summed E-state index contributed by atoms with van der Waals surface area (Å²) in [6.45, 7) is 2.49. The fourth-order valence-electron chi connectivity index (χ4n) is 2.80. The molecule has 5 heteroatoms. The normalized spacial score (nSPS) is 10.8. The molecule has 0 atom stereocenters. The van der Waals surface area contributed by atoms with Crippen molar-refractivity contribution in [2.75, 3.05) is 6.61 Å². The third-order valence-electron chi connectivity index (χ3n) is 4.38. The highest BCUT2D eigenvalue weighted by Gasteiger charge is 2.07. The second-order valence-electron chi connectivity index (χ2n) is 6.56. The van der Waals surface area contributed by atoms with Crippen LogP contribution in [0.25, 0.3) is 20.8 Å². The quantitative estimate of drug-likeness (QED) is 0.507. The molecule has 1 N–H and O–H groups in total. The minimum Gasteiger partial charge on any atom is -0.484 e. The number of nitrogens with zero attached hydrogens (tertiary/aromatic N) is 1. The van der Waals surface area contributed by atoms with Gasteiger partial charge in [-0.15, -0.1) is 11.3 Å². The molecular formula is C23H20N2O2S. The summed E-state index contributed by atoms with van der Waals surface area (Å²) in [5.41, 5.74) is 4.30. The Bertz CT molecular complexity index is 1050. The maximum Gasteiger partial charge on any atom is 0.258 e. The monoisotopic (exact) mass is 388 g/mol. The molecule has 0 radical (unpaired) electrons. The smallest absolute Gasteiger partial charge is 0.258 e. The first-order chi connectivity index (χ1) is 13.7. The molecule has 0 fully saturated rings. The van der Waals surface area contributed by atoms with Gasteiger partial charge in [0.15, 0.2) is 6.61 Å². The molecule has 0 aliphatic heterocycles. The number of amides is 1. The second kappa shape index (κ2) is 8.23. The number of hydrogen-bond donors (Lipinski definition) is 1. The van der Waals surface area contributed by atoms with Crippen LogP contribution >= 0.6 is 11.3 Å². The van der Waals surface area contributed by atoms with E-state index >= 15 is 0 Å². The van der Waals surface area contributed by atoms with Crippen molar-refractivity contribution in [2.45, 2.75) is 13.5 Å². The number of carbonyl (C=O) groups excluding carboxylic acids is 1. The van der Waals surface area contributed by atoms with Crippen LogP contribution in [-0.2, 0) is 11.3 Å². The maximum atomic E-state index is 12.0. The Balaban J connectivity index is 1.31. The second-order valence-corrected chi connectivity index (χ2v) is 7.59. The van der Waals surface area contributed by atoms with Gasteiger partial charge in [0, 0.05) is 12.1 Å². The van der Waals surface area contributed by atoms with Crippen LogP contribution in [0.3, 0.4) is 0 Å². The molecule has 1 aromatic heterocycles. The first kappa shape index (κ1) is 18.2. The van der Waals surface area contributed by atoms with Gasteiger partial charge in [-0.2, -0.15) is 0 Å². The summed E-state index contributed by atoms with van der Waals surface area (Å²) in [7, 11) is 0. The van der Waals surface area contributed by atoms with Crippen molar-refractivity contribution in [2.24, 2.45) is 0 Å². The van der Waals surface area contributed by atoms with Crippen molar-refractivity contribution in [3.63, 3.8) is 0 Å². The highest BCUT2D eigenvalue weighted by molar-refractivity contribution is 7.21. The average molecular weight is 388 g/mol. The fourth-order valence-corrected chi connectivity index (χ4v) is 3.77. The molecule has 0 saturated carbocycles. The summed E-state index contributed by atoms with van der Waals surface area (Å²) >= 11 is 1.68. The molecule has 0 bridgehead atoms. The Labute approximate surface area is 167 Å². The molecule has 0 spiro atoms. The fraction of sp³-hybridized carbons (Fsp3) is 0.130. The Kier molecular flexibility index (Phi) is 5.35. The highest BCUT2D eigenvalue weighted by Crippen LogP contribution is 2.29. The van der Waals surface area contributed by atoms with Crippen molar-refractivity contribution in [1.29, 1.82) is 0 Å². The number of ether oxygens (including phenoxy) is 1. The molecule has 0 aliphatic carbocycles. The first-order valence-corrected chi connectivity index (χ1v) is 9.90. The number of para-hydroxylation sites is 1. The third kappa shape index (κ3) is 4.38. The zero-order valence-corrected chi connectivity index (χ0v) is 16.3. The van der Waals surface area contributed by atoms with Crippen LogP contribution in [-0.4, -0.2) is 17.5 Å². The zero-order valence-electron chi connectivity index (χ0n) is 15.5. The van der Waals surface area contributed by atoms with Gasteiger partial charge in [-0.3, -0.25) is 4.79 Å². The van der Waals surface area contributed by atoms with Gasteiger partial charge in [0.05, 0.1) is 10.2 Å². The van der Waals surface area contributed by atoms with E-state index in [9.17, 15) is 4.79 Å². The molecule has 1 amide bonds. The van der Waals surface area contributed by atoms with Crippen LogP contribution in [0.15, 0.2) is 72.8 Å². The molecule has 1 heterocycles. The molecule has 0 unspecified atom stereocenters. The van der Waals surface area contributed by atoms with E-state index in [1.807, 2.05) is 73.7 Å². The van der Waals surface area contributed by atoms with Gasteiger partial charge in [0.1, 0.15) is 10.8 Å². The summed E-state index contributed by atoms with van der Waals surface area (Å²) in [5, 5.41) is 3.89. The van der Waals surface area contributed by atoms with Crippen LogP contribution in [0.4, 0.5) is 0 Å². The summed E-state index contributed by atoms with van der Waals surface area (Å²) in [5.74, 6) is 0.553. The number of aryl methyl sites for hydroxylation is 1. The summed E-state index contributed by atoms with van der Waals surface area (Å²) in [6, 6.07) is 23.9. The molecule has 0 saturated heterocycles. The SMILES string of the molecule is Cc1ccc(OCC(=O)NCc2ccc(-c3nc4ccccc4s3)cc2)cc1. The number of nitrogens with one attached hydrogen (secondary N) is 1. The van der Waals surface area contributed by atoms with Gasteiger partial charge < -0.3 is 10.1 Å². The zero-order chi connectivity index (χ0) is 19.3. The lowest BCUT2D eigenvalue weighted by molar-refractivity contribution is -0.123. The molecule has 3 aromatic carbocycles. The molecule has 140 valence electrons. The summed E-state index contributed by atoms with van der Waals surface area (Å²) in [6.07, 6.45) is 0. The Morgan fingerprint density at radius 3 is 2.50 bits per heavy atom. The van der Waals surface area contributed by atoms with E-state index in [1.54, 1.807) is 11.3 Å². The standard InChI is InChI=1S/C23H20N2O2S/c1-16-6-12-19(13-7-16)27-15-22(26)24-14-17-8-10-18(11-9-17)23-25-20-4-2-3-5-21(20)28-23/h2-13H,14-15H2,1H3,(H,24,26). The van der Waals surface area contributed by atoms with E-state index in [0.717, 1.165) is 27.2 Å². The van der Waals surface area contributed by atoms with E-state index in [4.69, 9.17) is 4.74 Å². The van der Waals surface area contributed by atoms with Crippen molar-refractivity contribution >= 4 is 27.5 Å². The molecule has 28 heavy (non-hydrogen) atoms. The number of fused-ring (bicyclic) bond motifs is 1. The summed E-state index contributed by atoms with van der Waals surface area (Å²) < 4.78 is 6.68. The average Bonchev–Trinajstić information content (AvgIpc) is 3.16. The van der Waals surface area contributed by atoms with E-state index < -0.39 is 0 Å². The van der Waals surface area contributed by atoms with Crippen LogP contribution in [0.2, 0.25) is 0 Å². The first-order valence-electron chi connectivity index (χ1n) is 9.08.